The first kappa shape index (κ1) is 22.0. The van der Waals surface area contributed by atoms with Crippen molar-refractivity contribution in [3.05, 3.63) is 61.3 Å². The maximum absolute atomic E-state index is 4.64. The number of rotatable bonds is 6. The number of anilines is 2. The van der Waals surface area contributed by atoms with E-state index >= 15 is 0 Å². The van der Waals surface area contributed by atoms with Gasteiger partial charge in [-0.1, -0.05) is 13.0 Å². The molecule has 8 heteroatoms. The summed E-state index contributed by atoms with van der Waals surface area (Å²) in [6, 6.07) is 8.55. The van der Waals surface area contributed by atoms with Crippen molar-refractivity contribution >= 4 is 33.4 Å². The Morgan fingerprint density at radius 3 is 2.65 bits per heavy atom. The minimum absolute atomic E-state index is 0.566. The van der Waals surface area contributed by atoms with Crippen LogP contribution in [0.1, 0.15) is 38.5 Å². The molecule has 5 aromatic heterocycles. The molecule has 0 aromatic carbocycles. The van der Waals surface area contributed by atoms with Crippen molar-refractivity contribution in [3.8, 4) is 22.5 Å². The smallest absolute Gasteiger partial charge is 0.181 e. The van der Waals surface area contributed by atoms with Gasteiger partial charge in [-0.25, -0.2) is 9.97 Å². The van der Waals surface area contributed by atoms with E-state index in [4.69, 9.17) is 0 Å². The van der Waals surface area contributed by atoms with Gasteiger partial charge in [-0.05, 0) is 62.3 Å². The van der Waals surface area contributed by atoms with Gasteiger partial charge in [0.2, 0.25) is 0 Å². The van der Waals surface area contributed by atoms with Gasteiger partial charge >= 0.3 is 0 Å². The molecular weight excluding hydrogens is 460 g/mol. The number of piperidine rings is 1. The van der Waals surface area contributed by atoms with Crippen molar-refractivity contribution in [2.75, 3.05) is 23.3 Å². The predicted octanol–water partition coefficient (Wildman–Crippen LogP) is 6.28. The van der Waals surface area contributed by atoms with E-state index in [-0.39, 0.29) is 0 Å². The van der Waals surface area contributed by atoms with Crippen LogP contribution in [0.4, 0.5) is 11.4 Å². The third kappa shape index (κ3) is 4.02. The molecule has 2 aliphatic rings. The van der Waals surface area contributed by atoms with Crippen molar-refractivity contribution in [1.29, 1.82) is 0 Å². The SMILES string of the molecule is C=C(Nc1cncc(-c2cnc3n[nH]c(-c4cc5c(N6CCCCC6)ccnc5[nH]4)c3c2)c1)C1CCC1. The van der Waals surface area contributed by atoms with Crippen LogP contribution in [0, 0.1) is 5.92 Å². The van der Waals surface area contributed by atoms with Crippen LogP contribution in [0.3, 0.4) is 0 Å². The highest BCUT2D eigenvalue weighted by atomic mass is 15.2. The number of hydrogen-bond donors (Lipinski definition) is 3. The van der Waals surface area contributed by atoms with Crippen molar-refractivity contribution in [1.82, 2.24) is 30.1 Å². The first-order valence-corrected chi connectivity index (χ1v) is 13.2. The van der Waals surface area contributed by atoms with Crippen LogP contribution in [0.2, 0.25) is 0 Å². The van der Waals surface area contributed by atoms with Crippen molar-refractivity contribution in [3.63, 3.8) is 0 Å². The van der Waals surface area contributed by atoms with Crippen LogP contribution in [-0.4, -0.2) is 43.2 Å². The summed E-state index contributed by atoms with van der Waals surface area (Å²) in [5, 5.41) is 13.2. The van der Waals surface area contributed by atoms with Crippen molar-refractivity contribution in [2.24, 2.45) is 5.92 Å². The average Bonchev–Trinajstić information content (AvgIpc) is 3.52. The lowest BCUT2D eigenvalue weighted by molar-refractivity contribution is 0.371. The molecule has 2 fully saturated rings. The molecule has 186 valence electrons. The van der Waals surface area contributed by atoms with E-state index in [1.54, 1.807) is 0 Å². The minimum Gasteiger partial charge on any atom is -0.371 e. The molecule has 6 heterocycles. The maximum atomic E-state index is 4.64. The molecule has 0 atom stereocenters. The highest BCUT2D eigenvalue weighted by Gasteiger charge is 2.21. The van der Waals surface area contributed by atoms with Crippen LogP contribution in [-0.2, 0) is 0 Å². The normalized spacial score (nSPS) is 16.3. The highest BCUT2D eigenvalue weighted by molar-refractivity contribution is 5.98. The molecule has 0 unspecified atom stereocenters. The Labute approximate surface area is 215 Å². The second-order valence-electron chi connectivity index (χ2n) is 10.3. The Kier molecular flexibility index (Phi) is 5.38. The Morgan fingerprint density at radius 1 is 0.946 bits per heavy atom. The van der Waals surface area contributed by atoms with Crippen LogP contribution in [0.15, 0.2) is 61.3 Å². The number of H-pyrrole nitrogens is 2. The summed E-state index contributed by atoms with van der Waals surface area (Å²) < 4.78 is 0. The van der Waals surface area contributed by atoms with Gasteiger partial charge in [0.05, 0.1) is 23.3 Å². The zero-order valence-electron chi connectivity index (χ0n) is 20.8. The van der Waals surface area contributed by atoms with Crippen molar-refractivity contribution < 1.29 is 0 Å². The number of aromatic amines is 2. The predicted molar refractivity (Wildman–Crippen MR) is 148 cm³/mol. The molecule has 0 radical (unpaired) electrons. The number of allylic oxidation sites excluding steroid dienone is 1. The fraction of sp³-hybridized carbons (Fsp3) is 0.310. The fourth-order valence-corrected chi connectivity index (χ4v) is 5.53. The number of hydrogen-bond acceptors (Lipinski definition) is 6. The van der Waals surface area contributed by atoms with E-state index in [0.29, 0.717) is 11.6 Å². The molecule has 7 rings (SSSR count). The third-order valence-electron chi connectivity index (χ3n) is 7.86. The third-order valence-corrected chi connectivity index (χ3v) is 7.86. The van der Waals surface area contributed by atoms with Gasteiger partial charge in [-0.3, -0.25) is 10.1 Å². The van der Waals surface area contributed by atoms with Gasteiger partial charge in [0.25, 0.3) is 0 Å². The zero-order valence-corrected chi connectivity index (χ0v) is 20.8. The van der Waals surface area contributed by atoms with E-state index in [9.17, 15) is 0 Å². The number of nitrogens with one attached hydrogen (secondary N) is 3. The number of fused-ring (bicyclic) bond motifs is 2. The van der Waals surface area contributed by atoms with E-state index < -0.39 is 0 Å². The van der Waals surface area contributed by atoms with Gasteiger partial charge in [0.15, 0.2) is 5.65 Å². The lowest BCUT2D eigenvalue weighted by Gasteiger charge is -2.29. The number of pyridine rings is 3. The van der Waals surface area contributed by atoms with Crippen LogP contribution in [0.25, 0.3) is 44.6 Å². The number of aromatic nitrogens is 6. The van der Waals surface area contributed by atoms with Gasteiger partial charge in [-0.15, -0.1) is 0 Å². The van der Waals surface area contributed by atoms with E-state index in [2.05, 4.69) is 71.2 Å². The molecule has 0 bridgehead atoms. The average molecular weight is 491 g/mol. The van der Waals surface area contributed by atoms with Gasteiger partial charge in [0, 0.05) is 65.0 Å². The van der Waals surface area contributed by atoms with E-state index in [0.717, 1.165) is 63.4 Å². The Hall–Kier alpha value is -4.20. The summed E-state index contributed by atoms with van der Waals surface area (Å²) in [5.74, 6) is 0.566. The molecule has 0 spiro atoms. The summed E-state index contributed by atoms with van der Waals surface area (Å²) in [6.07, 6.45) is 15.0. The second kappa shape index (κ2) is 9.03. The molecule has 1 saturated carbocycles. The molecule has 3 N–H and O–H groups in total. The van der Waals surface area contributed by atoms with Crippen molar-refractivity contribution in [2.45, 2.75) is 38.5 Å². The number of nitrogens with zero attached hydrogens (tertiary/aromatic N) is 5. The Morgan fingerprint density at radius 2 is 1.81 bits per heavy atom. The molecule has 0 amide bonds. The monoisotopic (exact) mass is 490 g/mol. The maximum Gasteiger partial charge on any atom is 0.181 e. The zero-order chi connectivity index (χ0) is 24.8. The second-order valence-corrected chi connectivity index (χ2v) is 10.3. The summed E-state index contributed by atoms with van der Waals surface area (Å²) in [4.78, 5) is 19.7. The lowest BCUT2D eigenvalue weighted by Crippen LogP contribution is -2.29. The summed E-state index contributed by atoms with van der Waals surface area (Å²) in [7, 11) is 0. The minimum atomic E-state index is 0.566. The molecule has 37 heavy (non-hydrogen) atoms. The van der Waals surface area contributed by atoms with E-state index in [1.165, 1.54) is 44.2 Å². The molecule has 1 aliphatic heterocycles. The van der Waals surface area contributed by atoms with Gasteiger partial charge < -0.3 is 15.2 Å². The van der Waals surface area contributed by atoms with Crippen LogP contribution in [0.5, 0.6) is 0 Å². The fourth-order valence-electron chi connectivity index (χ4n) is 5.53. The topological polar surface area (TPSA) is 98.4 Å². The summed E-state index contributed by atoms with van der Waals surface area (Å²) >= 11 is 0. The Balaban J connectivity index is 1.23. The highest BCUT2D eigenvalue weighted by Crippen LogP contribution is 2.35. The first-order chi connectivity index (χ1) is 18.2. The first-order valence-electron chi connectivity index (χ1n) is 13.2. The molecule has 1 saturated heterocycles. The van der Waals surface area contributed by atoms with Crippen LogP contribution >= 0.6 is 0 Å². The lowest BCUT2D eigenvalue weighted by atomic mass is 9.83. The summed E-state index contributed by atoms with van der Waals surface area (Å²) in [6.45, 7) is 6.42. The van der Waals surface area contributed by atoms with Gasteiger partial charge in [-0.2, -0.15) is 5.10 Å². The van der Waals surface area contributed by atoms with Gasteiger partial charge in [0.1, 0.15) is 5.65 Å². The molecular formula is C29H30N8. The molecule has 5 aromatic rings. The quantitative estimate of drug-likeness (QED) is 0.259. The van der Waals surface area contributed by atoms with Crippen LogP contribution < -0.4 is 10.2 Å². The largest absolute Gasteiger partial charge is 0.371 e. The Bertz CT molecular complexity index is 1600. The standard InChI is InChI=1S/C29H30N8/c1-18(19-6-5-7-19)33-22-12-20(15-30-17-22)21-13-24-27(35-36-29(24)32-16-21)25-14-23-26(8-9-31-28(23)34-25)37-10-3-2-4-11-37/h8-9,12-17,19,33H,1-7,10-11H2,(H,31,34)(H,32,35,36). The summed E-state index contributed by atoms with van der Waals surface area (Å²) in [5.41, 5.74) is 8.70. The molecule has 8 nitrogen and oxygen atoms in total. The molecule has 1 aliphatic carbocycles. The van der Waals surface area contributed by atoms with E-state index in [1.807, 2.05) is 24.8 Å².